The number of carbonyl (C=O) groups is 1. The molecule has 0 saturated heterocycles. The van der Waals surface area contributed by atoms with Gasteiger partial charge in [0.1, 0.15) is 11.6 Å². The summed E-state index contributed by atoms with van der Waals surface area (Å²) in [6.45, 7) is 2.25. The van der Waals surface area contributed by atoms with Gasteiger partial charge >= 0.3 is 0 Å². The van der Waals surface area contributed by atoms with Crippen molar-refractivity contribution in [3.63, 3.8) is 0 Å². The quantitative estimate of drug-likeness (QED) is 0.599. The number of furan rings is 1. The van der Waals surface area contributed by atoms with E-state index in [2.05, 4.69) is 5.32 Å². The van der Waals surface area contributed by atoms with Crippen LogP contribution in [0.3, 0.4) is 0 Å². The third-order valence-corrected chi connectivity index (χ3v) is 5.62. The first-order valence-corrected chi connectivity index (χ1v) is 10.1. The van der Waals surface area contributed by atoms with Crippen molar-refractivity contribution in [2.45, 2.75) is 19.9 Å². The summed E-state index contributed by atoms with van der Waals surface area (Å²) in [6.07, 6.45) is 3.55. The minimum Gasteiger partial charge on any atom is -0.504 e. The number of nitrogens with one attached hydrogen (secondary N) is 1. The zero-order chi connectivity index (χ0) is 22.2. The molecule has 5 rings (SSSR count). The third-order valence-electron chi connectivity index (χ3n) is 5.62. The lowest BCUT2D eigenvalue weighted by molar-refractivity contribution is -0.120. The van der Waals surface area contributed by atoms with Crippen LogP contribution >= 0.6 is 0 Å². The smallest absolute Gasteiger partial charge is 0.231 e. The van der Waals surface area contributed by atoms with E-state index in [1.54, 1.807) is 36.6 Å². The molecule has 2 aromatic carbocycles. The summed E-state index contributed by atoms with van der Waals surface area (Å²) < 4.78 is 30.0. The third kappa shape index (κ3) is 3.62. The molecule has 0 fully saturated rings. The Hall–Kier alpha value is -4.00. The number of phenolic OH excluding ortho intramolecular Hbond substituents is 1. The van der Waals surface area contributed by atoms with Crippen LogP contribution in [-0.4, -0.2) is 17.8 Å². The summed E-state index contributed by atoms with van der Waals surface area (Å²) in [5.74, 6) is 0.879. The highest BCUT2D eigenvalue weighted by atomic mass is 19.1. The molecule has 0 bridgehead atoms. The lowest BCUT2D eigenvalue weighted by atomic mass is 10.00. The molecule has 32 heavy (non-hydrogen) atoms. The molecular formula is C25H20FNO5. The Morgan fingerprint density at radius 1 is 1.19 bits per heavy atom. The maximum Gasteiger partial charge on any atom is 0.231 e. The Morgan fingerprint density at radius 2 is 2.06 bits per heavy atom. The van der Waals surface area contributed by atoms with E-state index in [4.69, 9.17) is 13.9 Å². The largest absolute Gasteiger partial charge is 0.504 e. The van der Waals surface area contributed by atoms with Crippen LogP contribution < -0.4 is 14.8 Å². The maximum absolute atomic E-state index is 14.1. The fraction of sp³-hybridized carbons (Fsp3) is 0.160. The van der Waals surface area contributed by atoms with Gasteiger partial charge in [-0.15, -0.1) is 0 Å². The summed E-state index contributed by atoms with van der Waals surface area (Å²) in [5.41, 5.74) is 4.71. The van der Waals surface area contributed by atoms with E-state index in [0.717, 1.165) is 22.3 Å². The van der Waals surface area contributed by atoms with Crippen LogP contribution in [-0.2, 0) is 11.3 Å². The highest BCUT2D eigenvalue weighted by Gasteiger charge is 2.26. The average Bonchev–Trinajstić information content (AvgIpc) is 3.50. The molecule has 1 aliphatic heterocycles. The summed E-state index contributed by atoms with van der Waals surface area (Å²) in [6, 6.07) is 11.5. The van der Waals surface area contributed by atoms with Gasteiger partial charge in [-0.2, -0.15) is 0 Å². The van der Waals surface area contributed by atoms with Crippen LogP contribution in [0.15, 0.2) is 58.7 Å². The number of rotatable bonds is 5. The second-order valence-corrected chi connectivity index (χ2v) is 7.66. The number of carbonyl (C=O) groups excluding carboxylic acids is 1. The predicted molar refractivity (Wildman–Crippen MR) is 116 cm³/mol. The van der Waals surface area contributed by atoms with E-state index in [1.807, 2.05) is 13.0 Å². The number of halogens is 1. The van der Waals surface area contributed by atoms with Gasteiger partial charge < -0.3 is 24.3 Å². The van der Waals surface area contributed by atoms with Crippen molar-refractivity contribution in [2.24, 2.45) is 0 Å². The van der Waals surface area contributed by atoms with Crippen LogP contribution in [0.25, 0.3) is 17.2 Å². The molecule has 6 nitrogen and oxygen atoms in total. The lowest BCUT2D eigenvalue weighted by Gasteiger charge is -2.07. The highest BCUT2D eigenvalue weighted by molar-refractivity contribution is 6.08. The predicted octanol–water partition coefficient (Wildman–Crippen LogP) is 4.89. The average molecular weight is 433 g/mol. The van der Waals surface area contributed by atoms with Gasteiger partial charge in [0.05, 0.1) is 19.2 Å². The maximum atomic E-state index is 14.1. The van der Waals surface area contributed by atoms with Crippen molar-refractivity contribution in [1.82, 2.24) is 5.32 Å². The van der Waals surface area contributed by atoms with Crippen LogP contribution in [0.5, 0.6) is 17.2 Å². The number of amides is 1. The number of allylic oxidation sites excluding steroid dienone is 2. The molecule has 1 aromatic heterocycles. The van der Waals surface area contributed by atoms with E-state index in [0.29, 0.717) is 28.4 Å². The van der Waals surface area contributed by atoms with Gasteiger partial charge in [-0.3, -0.25) is 4.79 Å². The second kappa shape index (κ2) is 7.92. The SMILES string of the molecule is CC1=C(CC(=O)NCc2ccco2)c2cc(F)ccc2/C1=C\c1cc(O)c2c(c1)OCO2. The van der Waals surface area contributed by atoms with Crippen LogP contribution in [0.1, 0.15) is 35.8 Å². The number of phenols is 1. The van der Waals surface area contributed by atoms with Crippen molar-refractivity contribution in [2.75, 3.05) is 6.79 Å². The number of fused-ring (bicyclic) bond motifs is 2. The van der Waals surface area contributed by atoms with E-state index >= 15 is 0 Å². The van der Waals surface area contributed by atoms with Crippen molar-refractivity contribution in [3.05, 3.63) is 82.6 Å². The van der Waals surface area contributed by atoms with Crippen molar-refractivity contribution < 1.29 is 28.2 Å². The molecule has 162 valence electrons. The normalized spacial score (nSPS) is 15.4. The molecule has 1 amide bonds. The van der Waals surface area contributed by atoms with Crippen LogP contribution in [0, 0.1) is 5.82 Å². The molecule has 0 unspecified atom stereocenters. The molecule has 1 aliphatic carbocycles. The number of hydrogen-bond acceptors (Lipinski definition) is 5. The first kappa shape index (κ1) is 19.9. The Labute approximate surface area is 183 Å². The Balaban J connectivity index is 1.48. The summed E-state index contributed by atoms with van der Waals surface area (Å²) in [4.78, 5) is 12.6. The zero-order valence-corrected chi connectivity index (χ0v) is 17.3. The molecule has 0 saturated carbocycles. The standard InChI is InChI=1S/C25H20FNO5/c1-14-19(7-15-8-22(28)25-23(9-15)31-13-32-25)18-5-4-16(26)10-21(18)20(14)11-24(29)27-12-17-3-2-6-30-17/h2-10,28H,11-13H2,1H3,(H,27,29)/b19-7-. The molecule has 3 aromatic rings. The van der Waals surface area contributed by atoms with Gasteiger partial charge in [-0.25, -0.2) is 4.39 Å². The topological polar surface area (TPSA) is 80.9 Å². The minimum atomic E-state index is -0.369. The number of hydrogen-bond donors (Lipinski definition) is 2. The number of ether oxygens (including phenoxy) is 2. The van der Waals surface area contributed by atoms with Gasteiger partial charge in [0, 0.05) is 0 Å². The minimum absolute atomic E-state index is 0.0108. The van der Waals surface area contributed by atoms with Gasteiger partial charge in [0.25, 0.3) is 0 Å². The van der Waals surface area contributed by atoms with E-state index < -0.39 is 0 Å². The molecule has 7 heteroatoms. The molecule has 2 aliphatic rings. The Kier molecular flexibility index (Phi) is 4.93. The Bertz CT molecular complexity index is 1270. The van der Waals surface area contributed by atoms with Gasteiger partial charge in [-0.1, -0.05) is 6.07 Å². The van der Waals surface area contributed by atoms with Crippen LogP contribution in [0.2, 0.25) is 0 Å². The molecule has 0 spiro atoms. The molecule has 0 atom stereocenters. The van der Waals surface area contributed by atoms with Gasteiger partial charge in [-0.05, 0) is 82.8 Å². The van der Waals surface area contributed by atoms with Crippen molar-refractivity contribution in [1.29, 1.82) is 0 Å². The van der Waals surface area contributed by atoms with E-state index in [-0.39, 0.29) is 37.2 Å². The fourth-order valence-corrected chi connectivity index (χ4v) is 4.07. The van der Waals surface area contributed by atoms with E-state index in [1.165, 1.54) is 12.1 Å². The monoisotopic (exact) mass is 433 g/mol. The van der Waals surface area contributed by atoms with Gasteiger partial charge in [0.2, 0.25) is 18.4 Å². The molecule has 0 radical (unpaired) electrons. The summed E-state index contributed by atoms with van der Waals surface area (Å²) in [5, 5.41) is 13.1. The zero-order valence-electron chi connectivity index (χ0n) is 17.3. The molecule has 2 N–H and O–H groups in total. The van der Waals surface area contributed by atoms with Crippen molar-refractivity contribution >= 4 is 23.1 Å². The summed E-state index contributed by atoms with van der Waals surface area (Å²) in [7, 11) is 0. The second-order valence-electron chi connectivity index (χ2n) is 7.66. The van der Waals surface area contributed by atoms with Crippen LogP contribution in [0.4, 0.5) is 4.39 Å². The Morgan fingerprint density at radius 3 is 2.88 bits per heavy atom. The molecule has 2 heterocycles. The highest BCUT2D eigenvalue weighted by Crippen LogP contribution is 2.46. The van der Waals surface area contributed by atoms with Crippen molar-refractivity contribution in [3.8, 4) is 17.2 Å². The number of aromatic hydroxyl groups is 1. The summed E-state index contributed by atoms with van der Waals surface area (Å²) >= 11 is 0. The first-order valence-electron chi connectivity index (χ1n) is 10.1. The van der Waals surface area contributed by atoms with E-state index in [9.17, 15) is 14.3 Å². The first-order chi connectivity index (χ1) is 15.5. The number of benzene rings is 2. The molecular weight excluding hydrogens is 413 g/mol. The van der Waals surface area contributed by atoms with Gasteiger partial charge in [0.15, 0.2) is 11.5 Å². The lowest BCUT2D eigenvalue weighted by Crippen LogP contribution is -2.22. The fourth-order valence-electron chi connectivity index (χ4n) is 4.07.